The molecule has 2 aromatic rings. The Labute approximate surface area is 108 Å². The number of phenolic OH excluding ortho intramolecular Hbond substituents is 1. The first-order valence-corrected chi connectivity index (χ1v) is 6.00. The van der Waals surface area contributed by atoms with Gasteiger partial charge in [0.25, 0.3) is 5.89 Å². The average Bonchev–Trinajstić information content (AvgIpc) is 2.70. The summed E-state index contributed by atoms with van der Waals surface area (Å²) < 4.78 is 5.82. The summed E-state index contributed by atoms with van der Waals surface area (Å²) in [5.74, 6) is 1.21. The zero-order valence-corrected chi connectivity index (χ0v) is 11.4. The zero-order chi connectivity index (χ0) is 12.6. The largest absolute Gasteiger partial charge is 0.507 e. The molecule has 17 heavy (non-hydrogen) atoms. The molecule has 90 valence electrons. The van der Waals surface area contributed by atoms with Gasteiger partial charge in [0.05, 0.1) is 4.47 Å². The third-order valence-corrected chi connectivity index (χ3v) is 2.96. The summed E-state index contributed by atoms with van der Waals surface area (Å²) in [6.07, 6.45) is 0. The molecule has 1 aromatic carbocycles. The number of hydrogen-bond acceptors (Lipinski definition) is 4. The fourth-order valence-electron chi connectivity index (χ4n) is 1.29. The van der Waals surface area contributed by atoms with Crippen LogP contribution in [0.25, 0.3) is 11.5 Å². The van der Waals surface area contributed by atoms with E-state index in [1.165, 1.54) is 0 Å². The first-order valence-electron chi connectivity index (χ1n) is 5.21. The van der Waals surface area contributed by atoms with Crippen LogP contribution in [-0.4, -0.2) is 15.2 Å². The van der Waals surface area contributed by atoms with Crippen molar-refractivity contribution in [1.29, 1.82) is 0 Å². The van der Waals surface area contributed by atoms with Gasteiger partial charge in [-0.3, -0.25) is 0 Å². The molecule has 5 heteroatoms. The van der Waals surface area contributed by atoms with Gasteiger partial charge in [0, 0.05) is 11.0 Å². The normalized spacial score (nSPS) is 11.8. The molecular formula is C12H13BrN2O2. The van der Waals surface area contributed by atoms with Gasteiger partial charge in [0.1, 0.15) is 5.75 Å². The molecule has 0 radical (unpaired) electrons. The topological polar surface area (TPSA) is 59.2 Å². The Hall–Kier alpha value is -1.36. The smallest absolute Gasteiger partial charge is 0.258 e. The summed E-state index contributed by atoms with van der Waals surface area (Å²) in [7, 11) is 0. The Morgan fingerprint density at radius 1 is 1.29 bits per heavy atom. The highest BCUT2D eigenvalue weighted by molar-refractivity contribution is 9.10. The monoisotopic (exact) mass is 296 g/mol. The lowest BCUT2D eigenvalue weighted by atomic mass is 9.96. The van der Waals surface area contributed by atoms with Crippen molar-refractivity contribution in [2.75, 3.05) is 0 Å². The minimum atomic E-state index is -0.154. The summed E-state index contributed by atoms with van der Waals surface area (Å²) >= 11 is 3.22. The number of phenols is 1. The summed E-state index contributed by atoms with van der Waals surface area (Å²) in [5.41, 5.74) is 0.549. The second kappa shape index (κ2) is 4.14. The van der Waals surface area contributed by atoms with Gasteiger partial charge in [0.2, 0.25) is 0 Å². The van der Waals surface area contributed by atoms with Crippen LogP contribution in [0.1, 0.15) is 26.6 Å². The zero-order valence-electron chi connectivity index (χ0n) is 9.86. The van der Waals surface area contributed by atoms with E-state index in [2.05, 4.69) is 26.1 Å². The van der Waals surface area contributed by atoms with Gasteiger partial charge < -0.3 is 9.63 Å². The first-order chi connectivity index (χ1) is 7.88. The predicted octanol–water partition coefficient (Wildman–Crippen LogP) is 3.50. The SMILES string of the molecule is CC(C)(C)c1noc(-c2ccc(Br)c(O)c2)n1. The van der Waals surface area contributed by atoms with Crippen LogP contribution >= 0.6 is 15.9 Å². The molecule has 0 bridgehead atoms. The van der Waals surface area contributed by atoms with E-state index < -0.39 is 0 Å². The van der Waals surface area contributed by atoms with Crippen LogP contribution in [0.4, 0.5) is 0 Å². The van der Waals surface area contributed by atoms with Gasteiger partial charge in [0.15, 0.2) is 5.82 Å². The molecule has 0 atom stereocenters. The number of rotatable bonds is 1. The van der Waals surface area contributed by atoms with Crippen LogP contribution < -0.4 is 0 Å². The third-order valence-electron chi connectivity index (χ3n) is 2.29. The van der Waals surface area contributed by atoms with Gasteiger partial charge >= 0.3 is 0 Å². The molecule has 1 heterocycles. The number of benzene rings is 1. The molecule has 0 saturated heterocycles. The van der Waals surface area contributed by atoms with E-state index in [-0.39, 0.29) is 11.2 Å². The van der Waals surface area contributed by atoms with E-state index in [1.54, 1.807) is 12.1 Å². The van der Waals surface area contributed by atoms with Gasteiger partial charge in [-0.05, 0) is 34.1 Å². The molecule has 0 aliphatic heterocycles. The van der Waals surface area contributed by atoms with E-state index in [0.29, 0.717) is 21.8 Å². The molecule has 0 unspecified atom stereocenters. The highest BCUT2D eigenvalue weighted by atomic mass is 79.9. The fourth-order valence-corrected chi connectivity index (χ4v) is 1.54. The molecule has 0 aliphatic carbocycles. The van der Waals surface area contributed by atoms with E-state index in [0.717, 1.165) is 0 Å². The Bertz CT molecular complexity index is 544. The van der Waals surface area contributed by atoms with Crippen LogP contribution in [0.5, 0.6) is 5.75 Å². The van der Waals surface area contributed by atoms with Crippen LogP contribution in [0, 0.1) is 0 Å². The number of nitrogens with zero attached hydrogens (tertiary/aromatic N) is 2. The molecular weight excluding hydrogens is 284 g/mol. The minimum absolute atomic E-state index is 0.151. The minimum Gasteiger partial charge on any atom is -0.507 e. The van der Waals surface area contributed by atoms with Crippen LogP contribution in [0.3, 0.4) is 0 Å². The molecule has 0 amide bonds. The summed E-state index contributed by atoms with van der Waals surface area (Å²) in [6, 6.07) is 5.14. The van der Waals surface area contributed by atoms with E-state index in [4.69, 9.17) is 4.52 Å². The van der Waals surface area contributed by atoms with Crippen molar-refractivity contribution in [3.63, 3.8) is 0 Å². The van der Waals surface area contributed by atoms with Crippen molar-refractivity contribution in [2.45, 2.75) is 26.2 Å². The standard InChI is InChI=1S/C12H13BrN2O2/c1-12(2,3)11-14-10(17-15-11)7-4-5-8(13)9(16)6-7/h4-6,16H,1-3H3. The predicted molar refractivity (Wildman–Crippen MR) is 67.8 cm³/mol. The Morgan fingerprint density at radius 2 is 2.00 bits per heavy atom. The quantitative estimate of drug-likeness (QED) is 0.875. The van der Waals surface area contributed by atoms with Crippen molar-refractivity contribution < 1.29 is 9.63 Å². The van der Waals surface area contributed by atoms with E-state index in [1.807, 2.05) is 26.8 Å². The molecule has 0 fully saturated rings. The first kappa shape index (κ1) is 12.1. The lowest BCUT2D eigenvalue weighted by Gasteiger charge is -2.10. The van der Waals surface area contributed by atoms with E-state index >= 15 is 0 Å². The summed E-state index contributed by atoms with van der Waals surface area (Å²) in [6.45, 7) is 6.04. The molecule has 1 aromatic heterocycles. The number of hydrogen-bond donors (Lipinski definition) is 1. The number of aromatic hydroxyl groups is 1. The molecule has 0 saturated carbocycles. The van der Waals surface area contributed by atoms with Crippen molar-refractivity contribution >= 4 is 15.9 Å². The third kappa shape index (κ3) is 2.49. The molecule has 2 rings (SSSR count). The highest BCUT2D eigenvalue weighted by Crippen LogP contribution is 2.30. The van der Waals surface area contributed by atoms with Crippen LogP contribution in [0.2, 0.25) is 0 Å². The maximum absolute atomic E-state index is 9.59. The van der Waals surface area contributed by atoms with Crippen molar-refractivity contribution in [1.82, 2.24) is 10.1 Å². The number of aromatic nitrogens is 2. The Kier molecular flexibility index (Phi) is 2.95. The van der Waals surface area contributed by atoms with Crippen LogP contribution in [-0.2, 0) is 5.41 Å². The molecule has 4 nitrogen and oxygen atoms in total. The van der Waals surface area contributed by atoms with E-state index in [9.17, 15) is 5.11 Å². The van der Waals surface area contributed by atoms with Gasteiger partial charge in [-0.25, -0.2) is 0 Å². The van der Waals surface area contributed by atoms with Gasteiger partial charge in [-0.1, -0.05) is 25.9 Å². The fraction of sp³-hybridized carbons (Fsp3) is 0.333. The van der Waals surface area contributed by atoms with Gasteiger partial charge in [-0.2, -0.15) is 4.98 Å². The maximum Gasteiger partial charge on any atom is 0.258 e. The summed E-state index contributed by atoms with van der Waals surface area (Å²) in [4.78, 5) is 4.32. The Morgan fingerprint density at radius 3 is 2.53 bits per heavy atom. The molecule has 0 spiro atoms. The van der Waals surface area contributed by atoms with Crippen molar-refractivity contribution in [3.05, 3.63) is 28.5 Å². The van der Waals surface area contributed by atoms with Crippen LogP contribution in [0.15, 0.2) is 27.2 Å². The average molecular weight is 297 g/mol. The highest BCUT2D eigenvalue weighted by Gasteiger charge is 2.21. The Balaban J connectivity index is 2.40. The molecule has 0 aliphatic rings. The van der Waals surface area contributed by atoms with Crippen molar-refractivity contribution in [3.8, 4) is 17.2 Å². The lowest BCUT2D eigenvalue weighted by Crippen LogP contribution is -2.13. The maximum atomic E-state index is 9.59. The number of halogens is 1. The summed E-state index contributed by atoms with van der Waals surface area (Å²) in [5, 5.41) is 13.5. The lowest BCUT2D eigenvalue weighted by molar-refractivity contribution is 0.402. The van der Waals surface area contributed by atoms with Gasteiger partial charge in [-0.15, -0.1) is 0 Å². The second-order valence-electron chi connectivity index (χ2n) is 4.84. The van der Waals surface area contributed by atoms with Crippen molar-refractivity contribution in [2.24, 2.45) is 0 Å². The molecule has 1 N–H and O–H groups in total. The second-order valence-corrected chi connectivity index (χ2v) is 5.69.